The van der Waals surface area contributed by atoms with E-state index < -0.39 is 150 Å². The summed E-state index contributed by atoms with van der Waals surface area (Å²) in [6.45, 7) is -3.56. The molecular formula is C24H42O20. The lowest BCUT2D eigenvalue weighted by atomic mass is 9.97. The van der Waals surface area contributed by atoms with E-state index in [0.717, 1.165) is 0 Å². The van der Waals surface area contributed by atoms with Gasteiger partial charge in [-0.25, -0.2) is 0 Å². The van der Waals surface area contributed by atoms with Crippen LogP contribution in [-0.2, 0) is 33.2 Å². The van der Waals surface area contributed by atoms with Gasteiger partial charge in [-0.05, 0) is 0 Å². The van der Waals surface area contributed by atoms with Crippen LogP contribution in [0.25, 0.3) is 0 Å². The van der Waals surface area contributed by atoms with E-state index in [4.69, 9.17) is 33.2 Å². The largest absolute Gasteiger partial charge is 0.394 e. The van der Waals surface area contributed by atoms with Crippen LogP contribution in [0.3, 0.4) is 0 Å². The first kappa shape index (κ1) is 36.0. The molecule has 44 heavy (non-hydrogen) atoms. The Morgan fingerprint density at radius 3 is 1.30 bits per heavy atom. The smallest absolute Gasteiger partial charge is 0.187 e. The van der Waals surface area contributed by atoms with Crippen molar-refractivity contribution in [3.8, 4) is 0 Å². The maximum Gasteiger partial charge on any atom is 0.187 e. The molecule has 4 aliphatic rings. The first-order valence-corrected chi connectivity index (χ1v) is 14.0. The van der Waals surface area contributed by atoms with Crippen molar-refractivity contribution in [3.05, 3.63) is 0 Å². The Bertz CT molecular complexity index is 883. The quantitative estimate of drug-likeness (QED) is 0.0987. The van der Waals surface area contributed by atoms with E-state index in [1.165, 1.54) is 0 Å². The molecule has 0 aromatic carbocycles. The summed E-state index contributed by atoms with van der Waals surface area (Å²) in [5.41, 5.74) is 0. The highest BCUT2D eigenvalue weighted by atomic mass is 16.8. The van der Waals surface area contributed by atoms with Gasteiger partial charge in [0, 0.05) is 0 Å². The Morgan fingerprint density at radius 2 is 0.773 bits per heavy atom. The van der Waals surface area contributed by atoms with E-state index in [9.17, 15) is 66.4 Å². The number of aliphatic hydroxyl groups is 13. The fourth-order valence-corrected chi connectivity index (χ4v) is 5.46. The Kier molecular flexibility index (Phi) is 12.6. The number of ether oxygens (including phenoxy) is 7. The number of aliphatic hydroxyl groups excluding tert-OH is 13. The highest BCUT2D eigenvalue weighted by molar-refractivity contribution is 4.96. The fraction of sp³-hybridized carbons (Fsp3) is 1.00. The number of hydrogen-bond donors (Lipinski definition) is 13. The van der Waals surface area contributed by atoms with Crippen molar-refractivity contribution < 1.29 is 99.5 Å². The van der Waals surface area contributed by atoms with Crippen molar-refractivity contribution in [3.63, 3.8) is 0 Å². The number of hydrogen-bond acceptors (Lipinski definition) is 20. The lowest BCUT2D eigenvalue weighted by molar-refractivity contribution is -0.374. The summed E-state index contributed by atoms with van der Waals surface area (Å²) in [5, 5.41) is 132. The molecule has 4 heterocycles. The molecule has 0 saturated carbocycles. The molecule has 4 fully saturated rings. The van der Waals surface area contributed by atoms with Crippen molar-refractivity contribution in [1.29, 1.82) is 0 Å². The van der Waals surface area contributed by atoms with Crippen LogP contribution in [0.2, 0.25) is 0 Å². The van der Waals surface area contributed by atoms with Gasteiger partial charge in [-0.2, -0.15) is 0 Å². The Labute approximate surface area is 249 Å². The zero-order valence-corrected chi connectivity index (χ0v) is 23.2. The summed E-state index contributed by atoms with van der Waals surface area (Å²) in [6.07, 6.45) is -31.1. The molecule has 0 aromatic heterocycles. The third-order valence-corrected chi connectivity index (χ3v) is 8.14. The molecule has 0 spiro atoms. The minimum absolute atomic E-state index is 0.619. The molecule has 0 amide bonds. The van der Waals surface area contributed by atoms with E-state index in [0.29, 0.717) is 0 Å². The topological polar surface area (TPSA) is 328 Å². The van der Waals surface area contributed by atoms with Gasteiger partial charge in [0.25, 0.3) is 0 Å². The molecule has 258 valence electrons. The predicted octanol–water partition coefficient (Wildman–Crippen LogP) is -9.07. The van der Waals surface area contributed by atoms with Crippen LogP contribution in [0.1, 0.15) is 0 Å². The van der Waals surface area contributed by atoms with Gasteiger partial charge in [-0.15, -0.1) is 0 Å². The highest BCUT2D eigenvalue weighted by Gasteiger charge is 2.53. The second-order valence-electron chi connectivity index (χ2n) is 11.0. The van der Waals surface area contributed by atoms with Crippen molar-refractivity contribution in [1.82, 2.24) is 0 Å². The van der Waals surface area contributed by atoms with Crippen molar-refractivity contribution >= 4 is 0 Å². The van der Waals surface area contributed by atoms with Gasteiger partial charge in [0.1, 0.15) is 97.7 Å². The lowest BCUT2D eigenvalue weighted by Crippen LogP contribution is -2.65. The first-order valence-electron chi connectivity index (χ1n) is 14.0. The maximum atomic E-state index is 10.8. The van der Waals surface area contributed by atoms with Crippen molar-refractivity contribution in [2.24, 2.45) is 0 Å². The minimum atomic E-state index is -1.91. The molecule has 4 saturated heterocycles. The minimum Gasteiger partial charge on any atom is -0.394 e. The maximum absolute atomic E-state index is 10.8. The van der Waals surface area contributed by atoms with E-state index in [1.807, 2.05) is 0 Å². The van der Waals surface area contributed by atoms with Gasteiger partial charge in [0.15, 0.2) is 18.9 Å². The van der Waals surface area contributed by atoms with Crippen LogP contribution < -0.4 is 0 Å². The first-order chi connectivity index (χ1) is 20.9. The monoisotopic (exact) mass is 650 g/mol. The molecule has 0 unspecified atom stereocenters. The molecule has 0 aliphatic carbocycles. The Balaban J connectivity index is 1.47. The summed E-state index contributed by atoms with van der Waals surface area (Å²) in [4.78, 5) is 0. The molecule has 0 bridgehead atoms. The zero-order valence-electron chi connectivity index (χ0n) is 23.2. The van der Waals surface area contributed by atoms with Gasteiger partial charge in [-0.3, -0.25) is 0 Å². The summed E-state index contributed by atoms with van der Waals surface area (Å²) in [6, 6.07) is 0. The van der Waals surface area contributed by atoms with Crippen LogP contribution in [0, 0.1) is 0 Å². The van der Waals surface area contributed by atoms with Crippen LogP contribution in [0.5, 0.6) is 0 Å². The molecule has 4 aliphatic heterocycles. The molecule has 0 radical (unpaired) electrons. The molecule has 20 heteroatoms. The molecule has 0 aromatic rings. The van der Waals surface area contributed by atoms with Crippen molar-refractivity contribution in [2.75, 3.05) is 33.0 Å². The van der Waals surface area contributed by atoms with Crippen molar-refractivity contribution in [2.45, 2.75) is 117 Å². The average molecular weight is 651 g/mol. The van der Waals surface area contributed by atoms with E-state index >= 15 is 0 Å². The standard InChI is InChI=1S/C24H42O20/c25-1-6-11(29)15(33)18(36)22(40-6)44-21-17(35)12(30)7(2-26)41-24(21)38-5-10-13(31)16(34)19(37)23(42-10)43-20-9(4-28)39-8(3-27)14(20)32/h6-37H,1-5H2/t6-,7-,8-,9-,10-,11-,12-,13-,14-,15+,16+,17+,18+,19+,20-,21+,22-,23-,24+/m1/s1. The summed E-state index contributed by atoms with van der Waals surface area (Å²) < 4.78 is 38.4. The van der Waals surface area contributed by atoms with Gasteiger partial charge in [0.05, 0.1) is 33.0 Å². The van der Waals surface area contributed by atoms with E-state index in [-0.39, 0.29) is 0 Å². The average Bonchev–Trinajstić information content (AvgIpc) is 3.33. The van der Waals surface area contributed by atoms with Crippen LogP contribution in [-0.4, -0.2) is 216 Å². The predicted molar refractivity (Wildman–Crippen MR) is 133 cm³/mol. The van der Waals surface area contributed by atoms with Gasteiger partial charge >= 0.3 is 0 Å². The van der Waals surface area contributed by atoms with Gasteiger partial charge < -0.3 is 99.5 Å². The van der Waals surface area contributed by atoms with Gasteiger partial charge in [-0.1, -0.05) is 0 Å². The molecule has 20 nitrogen and oxygen atoms in total. The SMILES string of the molecule is OC[C@H]1O[C@H](O[C@@H]2[C@@H](OC[C@H]3O[C@H](O[C@H]4[C@H](O)[C@@H](CO)O[C@@H]4CO)[C@@H](O)[C@@H](O)[C@@H]3O)O[C@H](CO)[C@@H](O)[C@@H]2O)[C@@H](O)[C@@H](O)[C@@H]1O. The number of rotatable bonds is 11. The highest BCUT2D eigenvalue weighted by Crippen LogP contribution is 2.32. The molecule has 13 N–H and O–H groups in total. The van der Waals surface area contributed by atoms with Gasteiger partial charge in [0.2, 0.25) is 0 Å². The Morgan fingerprint density at radius 1 is 0.364 bits per heavy atom. The van der Waals surface area contributed by atoms with Crippen LogP contribution in [0.15, 0.2) is 0 Å². The lowest BCUT2D eigenvalue weighted by Gasteiger charge is -2.46. The molecule has 4 rings (SSSR count). The zero-order chi connectivity index (χ0) is 32.5. The van der Waals surface area contributed by atoms with Crippen LogP contribution in [0.4, 0.5) is 0 Å². The van der Waals surface area contributed by atoms with Crippen LogP contribution >= 0.6 is 0 Å². The van der Waals surface area contributed by atoms with E-state index in [2.05, 4.69) is 0 Å². The second-order valence-corrected chi connectivity index (χ2v) is 11.0. The molecule has 19 atom stereocenters. The summed E-state index contributed by atoms with van der Waals surface area (Å²) in [5.74, 6) is 0. The summed E-state index contributed by atoms with van der Waals surface area (Å²) >= 11 is 0. The van der Waals surface area contributed by atoms with E-state index in [1.54, 1.807) is 0 Å². The fourth-order valence-electron chi connectivity index (χ4n) is 5.46. The Hall–Kier alpha value is -0.800. The molecular weight excluding hydrogens is 608 g/mol. The summed E-state index contributed by atoms with van der Waals surface area (Å²) in [7, 11) is 0. The third kappa shape index (κ3) is 7.19. The third-order valence-electron chi connectivity index (χ3n) is 8.14. The second kappa shape index (κ2) is 15.4. The normalized spacial score (nSPS) is 51.9.